The average Bonchev–Trinajstić information content (AvgIpc) is 2.64. The monoisotopic (exact) mass is 188 g/mol. The number of rotatable bonds is 2. The number of fused-ring (bicyclic) bond motifs is 1. The predicted molar refractivity (Wildman–Crippen MR) is 59.5 cm³/mol. The van der Waals surface area contributed by atoms with Gasteiger partial charge < -0.3 is 0 Å². The number of benzene rings is 1. The molecular formula is C12H16N2. The van der Waals surface area contributed by atoms with E-state index in [1.165, 1.54) is 22.9 Å². The average molecular weight is 188 g/mol. The van der Waals surface area contributed by atoms with Gasteiger partial charge in [0.25, 0.3) is 0 Å². The van der Waals surface area contributed by atoms with Crippen LogP contribution in [0, 0.1) is 6.92 Å². The summed E-state index contributed by atoms with van der Waals surface area (Å²) in [5.74, 6) is 0.608. The minimum absolute atomic E-state index is 0.608. The first kappa shape index (κ1) is 9.25. The Bertz CT molecular complexity index is 443. The van der Waals surface area contributed by atoms with Crippen molar-refractivity contribution in [1.82, 2.24) is 10.2 Å². The standard InChI is InChI=1S/C12H16N2/c1-4-8(2)12-9(3)5-6-11-10(12)7-13-14-11/h5-8H,4H2,1-3H3,(H,13,14). The zero-order valence-electron chi connectivity index (χ0n) is 8.96. The highest BCUT2D eigenvalue weighted by molar-refractivity contribution is 5.83. The third-order valence-corrected chi connectivity index (χ3v) is 2.99. The molecule has 0 saturated heterocycles. The van der Waals surface area contributed by atoms with Gasteiger partial charge in [-0.25, -0.2) is 0 Å². The van der Waals surface area contributed by atoms with E-state index in [2.05, 4.69) is 43.1 Å². The molecule has 0 spiro atoms. The van der Waals surface area contributed by atoms with E-state index in [4.69, 9.17) is 0 Å². The fourth-order valence-electron chi connectivity index (χ4n) is 2.01. The van der Waals surface area contributed by atoms with Crippen molar-refractivity contribution in [2.75, 3.05) is 0 Å². The van der Waals surface area contributed by atoms with E-state index >= 15 is 0 Å². The second kappa shape index (κ2) is 3.45. The lowest BCUT2D eigenvalue weighted by Crippen LogP contribution is -1.95. The van der Waals surface area contributed by atoms with Gasteiger partial charge in [-0.1, -0.05) is 19.9 Å². The molecule has 0 aliphatic carbocycles. The molecule has 2 aromatic rings. The molecule has 1 aromatic heterocycles. The molecule has 0 amide bonds. The number of aromatic amines is 1. The highest BCUT2D eigenvalue weighted by Crippen LogP contribution is 2.29. The third kappa shape index (κ3) is 1.31. The highest BCUT2D eigenvalue weighted by Gasteiger charge is 2.11. The molecule has 0 fully saturated rings. The Morgan fingerprint density at radius 2 is 2.21 bits per heavy atom. The van der Waals surface area contributed by atoms with Crippen LogP contribution in [0.4, 0.5) is 0 Å². The number of hydrogen-bond acceptors (Lipinski definition) is 1. The molecule has 0 bridgehead atoms. The number of hydrogen-bond donors (Lipinski definition) is 1. The third-order valence-electron chi connectivity index (χ3n) is 2.99. The molecule has 14 heavy (non-hydrogen) atoms. The first-order valence-electron chi connectivity index (χ1n) is 5.16. The molecule has 0 aliphatic rings. The molecule has 0 radical (unpaired) electrons. The normalized spacial score (nSPS) is 13.4. The van der Waals surface area contributed by atoms with Crippen LogP contribution in [-0.4, -0.2) is 10.2 Å². The van der Waals surface area contributed by atoms with E-state index in [1.54, 1.807) is 0 Å². The summed E-state index contributed by atoms with van der Waals surface area (Å²) in [6, 6.07) is 4.27. The minimum Gasteiger partial charge on any atom is -0.278 e. The van der Waals surface area contributed by atoms with E-state index < -0.39 is 0 Å². The molecule has 1 heterocycles. The van der Waals surface area contributed by atoms with Crippen molar-refractivity contribution in [3.63, 3.8) is 0 Å². The van der Waals surface area contributed by atoms with E-state index in [0.29, 0.717) is 5.92 Å². The van der Waals surface area contributed by atoms with Crippen molar-refractivity contribution < 1.29 is 0 Å². The van der Waals surface area contributed by atoms with E-state index in [-0.39, 0.29) is 0 Å². The Morgan fingerprint density at radius 1 is 1.43 bits per heavy atom. The van der Waals surface area contributed by atoms with Gasteiger partial charge in [-0.15, -0.1) is 0 Å². The van der Waals surface area contributed by atoms with Crippen LogP contribution in [0.1, 0.15) is 37.3 Å². The van der Waals surface area contributed by atoms with E-state index in [1.807, 2.05) is 6.20 Å². The molecule has 2 heteroatoms. The van der Waals surface area contributed by atoms with Crippen molar-refractivity contribution in [2.24, 2.45) is 0 Å². The number of nitrogens with zero attached hydrogens (tertiary/aromatic N) is 1. The summed E-state index contributed by atoms with van der Waals surface area (Å²) in [7, 11) is 0. The lowest BCUT2D eigenvalue weighted by Gasteiger charge is -2.13. The number of aryl methyl sites for hydroxylation is 1. The van der Waals surface area contributed by atoms with Crippen molar-refractivity contribution in [1.29, 1.82) is 0 Å². The van der Waals surface area contributed by atoms with Crippen molar-refractivity contribution >= 4 is 10.9 Å². The molecule has 1 N–H and O–H groups in total. The highest BCUT2D eigenvalue weighted by atomic mass is 15.1. The van der Waals surface area contributed by atoms with Gasteiger partial charge in [-0.2, -0.15) is 5.10 Å². The smallest absolute Gasteiger partial charge is 0.0653 e. The lowest BCUT2D eigenvalue weighted by molar-refractivity contribution is 0.734. The summed E-state index contributed by atoms with van der Waals surface area (Å²) >= 11 is 0. The molecule has 1 atom stereocenters. The van der Waals surface area contributed by atoms with Crippen molar-refractivity contribution in [3.05, 3.63) is 29.5 Å². The number of aromatic nitrogens is 2. The molecule has 1 unspecified atom stereocenters. The summed E-state index contributed by atoms with van der Waals surface area (Å²) in [5, 5.41) is 8.39. The SMILES string of the molecule is CCC(C)c1c(C)ccc2[nH]ncc12. The van der Waals surface area contributed by atoms with Gasteiger partial charge in [0.05, 0.1) is 11.7 Å². The summed E-state index contributed by atoms with van der Waals surface area (Å²) in [6.07, 6.45) is 3.11. The maximum Gasteiger partial charge on any atom is 0.0653 e. The lowest BCUT2D eigenvalue weighted by atomic mass is 9.91. The zero-order valence-corrected chi connectivity index (χ0v) is 8.96. The van der Waals surface area contributed by atoms with Crippen LogP contribution in [-0.2, 0) is 0 Å². The Balaban J connectivity index is 2.70. The van der Waals surface area contributed by atoms with Crippen LogP contribution in [0.25, 0.3) is 10.9 Å². The minimum atomic E-state index is 0.608. The Hall–Kier alpha value is -1.31. The largest absolute Gasteiger partial charge is 0.278 e. The molecule has 2 rings (SSSR count). The fraction of sp³-hybridized carbons (Fsp3) is 0.417. The predicted octanol–water partition coefficient (Wildman–Crippen LogP) is 3.38. The summed E-state index contributed by atoms with van der Waals surface area (Å²) in [5.41, 5.74) is 3.96. The number of nitrogens with one attached hydrogen (secondary N) is 1. The van der Waals surface area contributed by atoms with Gasteiger partial charge in [0.1, 0.15) is 0 Å². The Labute approximate surface area is 84.3 Å². The second-order valence-electron chi connectivity index (χ2n) is 3.94. The van der Waals surface area contributed by atoms with Crippen LogP contribution in [0.15, 0.2) is 18.3 Å². The quantitative estimate of drug-likeness (QED) is 0.769. The van der Waals surface area contributed by atoms with Crippen molar-refractivity contribution in [3.8, 4) is 0 Å². The van der Waals surface area contributed by atoms with Crippen LogP contribution in [0.2, 0.25) is 0 Å². The van der Waals surface area contributed by atoms with Gasteiger partial charge in [-0.3, -0.25) is 5.10 Å². The van der Waals surface area contributed by atoms with Gasteiger partial charge in [0.15, 0.2) is 0 Å². The summed E-state index contributed by atoms with van der Waals surface area (Å²) < 4.78 is 0. The van der Waals surface area contributed by atoms with Gasteiger partial charge in [0.2, 0.25) is 0 Å². The van der Waals surface area contributed by atoms with Crippen LogP contribution >= 0.6 is 0 Å². The Kier molecular flexibility index (Phi) is 2.28. The zero-order chi connectivity index (χ0) is 10.1. The van der Waals surface area contributed by atoms with Crippen LogP contribution in [0.3, 0.4) is 0 Å². The molecule has 74 valence electrons. The summed E-state index contributed by atoms with van der Waals surface area (Å²) in [4.78, 5) is 0. The maximum absolute atomic E-state index is 4.09. The molecule has 1 aromatic carbocycles. The molecular weight excluding hydrogens is 172 g/mol. The Morgan fingerprint density at radius 3 is 2.93 bits per heavy atom. The number of H-pyrrole nitrogens is 1. The molecule has 0 aliphatic heterocycles. The van der Waals surface area contributed by atoms with Gasteiger partial charge in [-0.05, 0) is 36.5 Å². The molecule has 2 nitrogen and oxygen atoms in total. The van der Waals surface area contributed by atoms with Crippen LogP contribution in [0.5, 0.6) is 0 Å². The van der Waals surface area contributed by atoms with E-state index in [0.717, 1.165) is 5.52 Å². The fourth-order valence-corrected chi connectivity index (χ4v) is 2.01. The van der Waals surface area contributed by atoms with E-state index in [9.17, 15) is 0 Å². The summed E-state index contributed by atoms with van der Waals surface area (Å²) in [6.45, 7) is 6.67. The second-order valence-corrected chi connectivity index (χ2v) is 3.94. The van der Waals surface area contributed by atoms with Crippen molar-refractivity contribution in [2.45, 2.75) is 33.1 Å². The van der Waals surface area contributed by atoms with Crippen LogP contribution < -0.4 is 0 Å². The van der Waals surface area contributed by atoms with Gasteiger partial charge >= 0.3 is 0 Å². The maximum atomic E-state index is 4.09. The molecule has 0 saturated carbocycles. The first-order valence-corrected chi connectivity index (χ1v) is 5.16. The topological polar surface area (TPSA) is 28.7 Å². The first-order chi connectivity index (χ1) is 6.74. The van der Waals surface area contributed by atoms with Gasteiger partial charge in [0, 0.05) is 5.39 Å².